The number of nitro benzene ring substituents is 1. The second-order valence-electron chi connectivity index (χ2n) is 5.74. The Hall–Kier alpha value is -1.47. The highest BCUT2D eigenvalue weighted by Crippen LogP contribution is 2.34. The lowest BCUT2D eigenvalue weighted by Crippen LogP contribution is -2.38. The predicted octanol–water partition coefficient (Wildman–Crippen LogP) is 2.04. The molecule has 0 radical (unpaired) electrons. The summed E-state index contributed by atoms with van der Waals surface area (Å²) >= 11 is 3.24. The fraction of sp³-hybridized carbons (Fsp3) is 0.500. The van der Waals surface area contributed by atoms with Gasteiger partial charge < -0.3 is 10.2 Å². The Balaban J connectivity index is 1.87. The lowest BCUT2D eigenvalue weighted by Gasteiger charge is -2.24. The van der Waals surface area contributed by atoms with Crippen LogP contribution in [0.15, 0.2) is 22.7 Å². The van der Waals surface area contributed by atoms with Crippen molar-refractivity contribution in [3.8, 4) is 0 Å². The molecule has 6 nitrogen and oxygen atoms in total. The molecule has 2 aliphatic rings. The second-order valence-corrected chi connectivity index (χ2v) is 6.65. The molecule has 3 rings (SSSR count). The van der Waals surface area contributed by atoms with Gasteiger partial charge in [0.2, 0.25) is 0 Å². The number of halogens is 1. The molecule has 1 N–H and O–H groups in total. The van der Waals surface area contributed by atoms with Gasteiger partial charge in [0, 0.05) is 47.8 Å². The normalized spacial score (nSPS) is 27.7. The third-order valence-corrected chi connectivity index (χ3v) is 4.99. The zero-order chi connectivity index (χ0) is 15.1. The number of likely N-dealkylation sites (tertiary alicyclic amines) is 1. The zero-order valence-corrected chi connectivity index (χ0v) is 13.2. The van der Waals surface area contributed by atoms with Crippen molar-refractivity contribution in [2.24, 2.45) is 11.8 Å². The number of amides is 1. The molecule has 3 unspecified atom stereocenters. The first kappa shape index (κ1) is 14.5. The molecule has 2 fully saturated rings. The summed E-state index contributed by atoms with van der Waals surface area (Å²) in [6.45, 7) is 4.66. The van der Waals surface area contributed by atoms with Crippen molar-refractivity contribution < 1.29 is 9.72 Å². The van der Waals surface area contributed by atoms with Gasteiger partial charge in [0.25, 0.3) is 11.6 Å². The molecule has 0 spiro atoms. The van der Waals surface area contributed by atoms with Crippen molar-refractivity contribution in [2.75, 3.05) is 19.6 Å². The molecular formula is C14H16BrN3O3. The third kappa shape index (κ3) is 2.55. The molecule has 0 aromatic heterocycles. The van der Waals surface area contributed by atoms with Gasteiger partial charge in [-0.15, -0.1) is 0 Å². The summed E-state index contributed by atoms with van der Waals surface area (Å²) in [5.74, 6) is 0.850. The number of carbonyl (C=O) groups is 1. The minimum atomic E-state index is -0.479. The molecule has 7 heteroatoms. The molecule has 112 valence electrons. The standard InChI is InChI=1S/C14H16BrN3O3/c1-8-13-6-16-5-10(13)7-17(8)14(19)9-2-11(15)4-12(3-9)18(20)21/h2-4,8,10,13,16H,5-7H2,1H3. The Morgan fingerprint density at radius 2 is 2.19 bits per heavy atom. The molecule has 0 aliphatic carbocycles. The Morgan fingerprint density at radius 3 is 2.86 bits per heavy atom. The highest BCUT2D eigenvalue weighted by atomic mass is 79.9. The maximum atomic E-state index is 12.7. The summed E-state index contributed by atoms with van der Waals surface area (Å²) in [5, 5.41) is 14.3. The maximum Gasteiger partial charge on any atom is 0.271 e. The van der Waals surface area contributed by atoms with E-state index >= 15 is 0 Å². The summed E-state index contributed by atoms with van der Waals surface area (Å²) in [4.78, 5) is 25.0. The number of fused-ring (bicyclic) bond motifs is 1. The van der Waals surface area contributed by atoms with E-state index in [2.05, 4.69) is 28.2 Å². The lowest BCUT2D eigenvalue weighted by atomic mass is 9.95. The first-order valence-corrected chi connectivity index (χ1v) is 7.73. The van der Waals surface area contributed by atoms with Gasteiger partial charge >= 0.3 is 0 Å². The van der Waals surface area contributed by atoms with Crippen LogP contribution in [0.2, 0.25) is 0 Å². The number of rotatable bonds is 2. The number of nitro groups is 1. The van der Waals surface area contributed by atoms with E-state index in [-0.39, 0.29) is 17.6 Å². The van der Waals surface area contributed by atoms with E-state index in [1.807, 2.05) is 4.90 Å². The molecule has 2 saturated heterocycles. The first-order valence-electron chi connectivity index (χ1n) is 6.94. The van der Waals surface area contributed by atoms with E-state index < -0.39 is 4.92 Å². The van der Waals surface area contributed by atoms with Crippen LogP contribution in [0.5, 0.6) is 0 Å². The van der Waals surface area contributed by atoms with Crippen LogP contribution in [0.3, 0.4) is 0 Å². The van der Waals surface area contributed by atoms with Gasteiger partial charge in [-0.05, 0) is 24.8 Å². The SMILES string of the molecule is CC1C2CNCC2CN1C(=O)c1cc(Br)cc([N+](=O)[O-])c1. The Morgan fingerprint density at radius 1 is 1.43 bits per heavy atom. The van der Waals surface area contributed by atoms with Gasteiger partial charge in [-0.2, -0.15) is 0 Å². The van der Waals surface area contributed by atoms with Crippen LogP contribution in [0, 0.1) is 22.0 Å². The predicted molar refractivity (Wildman–Crippen MR) is 81.1 cm³/mol. The van der Waals surface area contributed by atoms with Crippen LogP contribution in [0.4, 0.5) is 5.69 Å². The lowest BCUT2D eigenvalue weighted by molar-refractivity contribution is -0.385. The van der Waals surface area contributed by atoms with Crippen LogP contribution in [-0.4, -0.2) is 41.4 Å². The quantitative estimate of drug-likeness (QED) is 0.652. The molecule has 1 amide bonds. The molecule has 1 aromatic rings. The van der Waals surface area contributed by atoms with Gasteiger partial charge in [0.1, 0.15) is 0 Å². The number of non-ortho nitro benzene ring substituents is 1. The van der Waals surface area contributed by atoms with Crippen molar-refractivity contribution in [2.45, 2.75) is 13.0 Å². The molecule has 1 aromatic carbocycles. The Labute approximate surface area is 130 Å². The summed E-state index contributed by atoms with van der Waals surface area (Å²) in [7, 11) is 0. The monoisotopic (exact) mass is 353 g/mol. The van der Waals surface area contributed by atoms with Crippen LogP contribution >= 0.6 is 15.9 Å². The molecule has 0 bridgehead atoms. The van der Waals surface area contributed by atoms with E-state index in [0.29, 0.717) is 21.9 Å². The molecule has 3 atom stereocenters. The van der Waals surface area contributed by atoms with Crippen molar-refractivity contribution >= 4 is 27.5 Å². The molecule has 2 aliphatic heterocycles. The number of carbonyl (C=O) groups excluding carboxylic acids is 1. The highest BCUT2D eigenvalue weighted by molar-refractivity contribution is 9.10. The van der Waals surface area contributed by atoms with Gasteiger partial charge in [-0.3, -0.25) is 14.9 Å². The zero-order valence-electron chi connectivity index (χ0n) is 11.6. The van der Waals surface area contributed by atoms with E-state index in [9.17, 15) is 14.9 Å². The van der Waals surface area contributed by atoms with E-state index in [4.69, 9.17) is 0 Å². The Bertz CT molecular complexity index is 607. The maximum absolute atomic E-state index is 12.7. The number of nitrogens with one attached hydrogen (secondary N) is 1. The summed E-state index contributed by atoms with van der Waals surface area (Å²) in [6.07, 6.45) is 0. The van der Waals surface area contributed by atoms with E-state index in [1.54, 1.807) is 6.07 Å². The van der Waals surface area contributed by atoms with Crippen molar-refractivity contribution in [1.82, 2.24) is 10.2 Å². The molecule has 2 heterocycles. The second kappa shape index (κ2) is 5.38. The van der Waals surface area contributed by atoms with Crippen LogP contribution in [0.25, 0.3) is 0 Å². The molecule has 0 saturated carbocycles. The van der Waals surface area contributed by atoms with Crippen LogP contribution in [0.1, 0.15) is 17.3 Å². The first-order chi connectivity index (χ1) is 9.97. The highest BCUT2D eigenvalue weighted by Gasteiger charge is 2.43. The van der Waals surface area contributed by atoms with E-state index in [1.165, 1.54) is 12.1 Å². The number of nitrogens with zero attached hydrogens (tertiary/aromatic N) is 2. The van der Waals surface area contributed by atoms with Crippen LogP contribution in [-0.2, 0) is 0 Å². The largest absolute Gasteiger partial charge is 0.335 e. The average Bonchev–Trinajstić information content (AvgIpc) is 3.01. The fourth-order valence-corrected chi connectivity index (χ4v) is 3.89. The molecule has 21 heavy (non-hydrogen) atoms. The summed E-state index contributed by atoms with van der Waals surface area (Å²) < 4.78 is 0.550. The van der Waals surface area contributed by atoms with Crippen molar-refractivity contribution in [3.05, 3.63) is 38.3 Å². The molecular weight excluding hydrogens is 338 g/mol. The smallest absolute Gasteiger partial charge is 0.271 e. The van der Waals surface area contributed by atoms with Gasteiger partial charge in [-0.25, -0.2) is 0 Å². The number of benzene rings is 1. The van der Waals surface area contributed by atoms with Gasteiger partial charge in [0.15, 0.2) is 0 Å². The minimum absolute atomic E-state index is 0.0681. The third-order valence-electron chi connectivity index (χ3n) is 4.54. The summed E-state index contributed by atoms with van der Waals surface area (Å²) in [5.41, 5.74) is 0.303. The fourth-order valence-electron chi connectivity index (χ4n) is 3.40. The number of hydrogen-bond acceptors (Lipinski definition) is 4. The minimum Gasteiger partial charge on any atom is -0.335 e. The van der Waals surface area contributed by atoms with Crippen LogP contribution < -0.4 is 5.32 Å². The van der Waals surface area contributed by atoms with Gasteiger partial charge in [-0.1, -0.05) is 15.9 Å². The van der Waals surface area contributed by atoms with Gasteiger partial charge in [0.05, 0.1) is 4.92 Å². The average molecular weight is 354 g/mol. The van der Waals surface area contributed by atoms with E-state index in [0.717, 1.165) is 19.6 Å². The van der Waals surface area contributed by atoms with Crippen molar-refractivity contribution in [3.63, 3.8) is 0 Å². The topological polar surface area (TPSA) is 75.5 Å². The Kier molecular flexibility index (Phi) is 3.71. The number of hydrogen-bond donors (Lipinski definition) is 1. The van der Waals surface area contributed by atoms with Crippen molar-refractivity contribution in [1.29, 1.82) is 0 Å². The summed E-state index contributed by atoms with van der Waals surface area (Å²) in [6, 6.07) is 4.57.